The summed E-state index contributed by atoms with van der Waals surface area (Å²) in [6, 6.07) is 7.69. The SMILES string of the molecule is CC(C)Oc1cc([C@H](O)[C@@H](CN2CCCC2)NC(=O)C(F)(F)c2cc3cc(Cl)ccc3o2)ccn1. The predicted octanol–water partition coefficient (Wildman–Crippen LogP) is 4.67. The number of rotatable bonds is 9. The maximum Gasteiger partial charge on any atom is 0.380 e. The number of carbonyl (C=O) groups excluding carboxylic acids is 1. The van der Waals surface area contributed by atoms with Gasteiger partial charge in [-0.25, -0.2) is 4.98 Å². The fourth-order valence-corrected chi connectivity index (χ4v) is 4.34. The van der Waals surface area contributed by atoms with Gasteiger partial charge >= 0.3 is 5.92 Å². The molecular weight excluding hydrogens is 480 g/mol. The molecule has 1 aromatic carbocycles. The van der Waals surface area contributed by atoms with Crippen molar-refractivity contribution in [2.24, 2.45) is 0 Å². The molecule has 35 heavy (non-hydrogen) atoms. The van der Waals surface area contributed by atoms with Gasteiger partial charge in [-0.05, 0) is 75.7 Å². The number of aromatic nitrogens is 1. The lowest BCUT2D eigenvalue weighted by atomic mass is 10.0. The Labute approximate surface area is 207 Å². The Hall–Kier alpha value is -2.75. The zero-order chi connectivity index (χ0) is 25.2. The minimum absolute atomic E-state index is 0.132. The van der Waals surface area contributed by atoms with Crippen LogP contribution >= 0.6 is 11.6 Å². The highest BCUT2D eigenvalue weighted by molar-refractivity contribution is 6.31. The molecule has 0 unspecified atom stereocenters. The summed E-state index contributed by atoms with van der Waals surface area (Å²) in [6.07, 6.45) is 2.01. The number of carbonyl (C=O) groups is 1. The van der Waals surface area contributed by atoms with Crippen molar-refractivity contribution < 1.29 is 27.8 Å². The summed E-state index contributed by atoms with van der Waals surface area (Å²) in [5, 5.41) is 14.2. The lowest BCUT2D eigenvalue weighted by Crippen LogP contribution is -2.50. The smallest absolute Gasteiger partial charge is 0.380 e. The third-order valence-corrected chi connectivity index (χ3v) is 6.12. The van der Waals surface area contributed by atoms with Crippen molar-refractivity contribution in [2.75, 3.05) is 19.6 Å². The van der Waals surface area contributed by atoms with E-state index in [2.05, 4.69) is 10.3 Å². The molecule has 10 heteroatoms. The maximum atomic E-state index is 15.2. The van der Waals surface area contributed by atoms with Gasteiger partial charge in [0.25, 0.3) is 5.91 Å². The molecule has 2 aromatic heterocycles. The summed E-state index contributed by atoms with van der Waals surface area (Å²) < 4.78 is 41.2. The molecule has 3 heterocycles. The van der Waals surface area contributed by atoms with Crippen LogP contribution < -0.4 is 10.1 Å². The number of furan rings is 1. The quantitative estimate of drug-likeness (QED) is 0.437. The van der Waals surface area contributed by atoms with E-state index >= 15 is 8.78 Å². The number of nitrogens with zero attached hydrogens (tertiary/aromatic N) is 2. The van der Waals surface area contributed by atoms with Gasteiger partial charge in [-0.2, -0.15) is 8.78 Å². The Morgan fingerprint density at radius 3 is 2.71 bits per heavy atom. The average Bonchev–Trinajstić information content (AvgIpc) is 3.47. The first-order valence-corrected chi connectivity index (χ1v) is 11.9. The number of hydrogen-bond acceptors (Lipinski definition) is 6. The monoisotopic (exact) mass is 507 g/mol. The van der Waals surface area contributed by atoms with E-state index in [-0.39, 0.29) is 18.2 Å². The number of ether oxygens (including phenoxy) is 1. The number of aliphatic hydroxyl groups is 1. The zero-order valence-corrected chi connectivity index (χ0v) is 20.3. The van der Waals surface area contributed by atoms with Crippen molar-refractivity contribution in [1.82, 2.24) is 15.2 Å². The lowest BCUT2D eigenvalue weighted by Gasteiger charge is -2.29. The number of aliphatic hydroxyl groups excluding tert-OH is 1. The molecule has 1 fully saturated rings. The van der Waals surface area contributed by atoms with E-state index in [0.717, 1.165) is 32.0 Å². The van der Waals surface area contributed by atoms with Gasteiger partial charge < -0.3 is 24.5 Å². The Balaban J connectivity index is 1.57. The van der Waals surface area contributed by atoms with Crippen LogP contribution in [0, 0.1) is 0 Å². The first-order valence-electron chi connectivity index (χ1n) is 11.5. The van der Waals surface area contributed by atoms with Crippen LogP contribution in [0.2, 0.25) is 5.02 Å². The molecule has 1 aliphatic rings. The van der Waals surface area contributed by atoms with Gasteiger partial charge in [0.05, 0.1) is 12.1 Å². The number of amides is 1. The molecule has 4 rings (SSSR count). The van der Waals surface area contributed by atoms with E-state index in [4.69, 9.17) is 20.8 Å². The maximum absolute atomic E-state index is 15.2. The van der Waals surface area contributed by atoms with Gasteiger partial charge in [-0.3, -0.25) is 4.79 Å². The first kappa shape index (κ1) is 25.3. The van der Waals surface area contributed by atoms with Crippen LogP contribution in [0.25, 0.3) is 11.0 Å². The standard InChI is InChI=1S/C25H28ClF2N3O4/c1-15(2)34-22-13-16(7-8-29-22)23(32)19(14-31-9-3-4-10-31)30-24(33)25(27,28)21-12-17-11-18(26)5-6-20(17)35-21/h5-8,11-13,15,19,23,32H,3-4,9-10,14H2,1-2H3,(H,30,33)/t19-,23+/m1/s1. The van der Waals surface area contributed by atoms with Crippen LogP contribution in [0.3, 0.4) is 0 Å². The highest BCUT2D eigenvalue weighted by Gasteiger charge is 2.46. The molecule has 0 saturated carbocycles. The summed E-state index contributed by atoms with van der Waals surface area (Å²) >= 11 is 5.93. The average molecular weight is 508 g/mol. The fraction of sp³-hybridized carbons (Fsp3) is 0.440. The van der Waals surface area contributed by atoms with Gasteiger partial charge in [0.2, 0.25) is 5.88 Å². The largest absolute Gasteiger partial charge is 0.475 e. The van der Waals surface area contributed by atoms with Crippen molar-refractivity contribution >= 4 is 28.5 Å². The second-order valence-corrected chi connectivity index (χ2v) is 9.43. The molecule has 3 aromatic rings. The molecule has 1 aliphatic heterocycles. The van der Waals surface area contributed by atoms with Crippen molar-refractivity contribution in [1.29, 1.82) is 0 Å². The van der Waals surface area contributed by atoms with E-state index in [1.807, 2.05) is 18.7 Å². The fourth-order valence-electron chi connectivity index (χ4n) is 4.15. The van der Waals surface area contributed by atoms with Gasteiger partial charge in [-0.15, -0.1) is 0 Å². The molecule has 2 N–H and O–H groups in total. The molecule has 0 spiro atoms. The van der Waals surface area contributed by atoms with Gasteiger partial charge in [0, 0.05) is 29.2 Å². The normalized spacial score (nSPS) is 16.5. The highest BCUT2D eigenvalue weighted by atomic mass is 35.5. The molecule has 0 aliphatic carbocycles. The third kappa shape index (κ3) is 5.91. The number of likely N-dealkylation sites (tertiary alicyclic amines) is 1. The molecule has 188 valence electrons. The van der Waals surface area contributed by atoms with E-state index in [9.17, 15) is 9.90 Å². The molecule has 2 atom stereocenters. The van der Waals surface area contributed by atoms with Crippen molar-refractivity contribution in [3.8, 4) is 5.88 Å². The summed E-state index contributed by atoms with van der Waals surface area (Å²) in [5.74, 6) is -6.01. The molecule has 1 saturated heterocycles. The summed E-state index contributed by atoms with van der Waals surface area (Å²) in [4.78, 5) is 19.0. The molecule has 1 amide bonds. The number of benzene rings is 1. The summed E-state index contributed by atoms with van der Waals surface area (Å²) in [6.45, 7) is 5.42. The van der Waals surface area contributed by atoms with E-state index in [1.54, 1.807) is 12.1 Å². The molecule has 0 bridgehead atoms. The van der Waals surface area contributed by atoms with Crippen LogP contribution in [-0.4, -0.2) is 52.7 Å². The van der Waals surface area contributed by atoms with Crippen LogP contribution in [0.1, 0.15) is 44.1 Å². The number of pyridine rings is 1. The van der Waals surface area contributed by atoms with Crippen LogP contribution in [-0.2, 0) is 10.7 Å². The number of hydrogen-bond donors (Lipinski definition) is 2. The first-order chi connectivity index (χ1) is 16.6. The highest BCUT2D eigenvalue weighted by Crippen LogP contribution is 2.34. The number of alkyl halides is 2. The van der Waals surface area contributed by atoms with Gasteiger partial charge in [-0.1, -0.05) is 11.6 Å². The van der Waals surface area contributed by atoms with E-state index in [0.29, 0.717) is 21.9 Å². The van der Waals surface area contributed by atoms with Gasteiger partial charge in [0.1, 0.15) is 11.7 Å². The van der Waals surface area contributed by atoms with Crippen LogP contribution in [0.4, 0.5) is 8.78 Å². The minimum atomic E-state index is -3.96. The van der Waals surface area contributed by atoms with Crippen molar-refractivity contribution in [2.45, 2.75) is 50.9 Å². The van der Waals surface area contributed by atoms with Crippen LogP contribution in [0.15, 0.2) is 47.0 Å². The van der Waals surface area contributed by atoms with E-state index < -0.39 is 29.7 Å². The number of halogens is 3. The van der Waals surface area contributed by atoms with E-state index in [1.165, 1.54) is 24.4 Å². The zero-order valence-electron chi connectivity index (χ0n) is 19.5. The molecular formula is C25H28ClF2N3O4. The Morgan fingerprint density at radius 1 is 1.26 bits per heavy atom. The summed E-state index contributed by atoms with van der Waals surface area (Å²) in [7, 11) is 0. The molecule has 0 radical (unpaired) electrons. The van der Waals surface area contributed by atoms with Crippen molar-refractivity contribution in [3.05, 3.63) is 58.9 Å². The van der Waals surface area contributed by atoms with Crippen LogP contribution in [0.5, 0.6) is 5.88 Å². The summed E-state index contributed by atoms with van der Waals surface area (Å²) in [5.41, 5.74) is 0.599. The third-order valence-electron chi connectivity index (χ3n) is 5.88. The predicted molar refractivity (Wildman–Crippen MR) is 128 cm³/mol. The lowest BCUT2D eigenvalue weighted by molar-refractivity contribution is -0.151. The Bertz CT molecular complexity index is 1180. The molecule has 7 nitrogen and oxygen atoms in total. The second kappa shape index (κ2) is 10.5. The minimum Gasteiger partial charge on any atom is -0.475 e. The Morgan fingerprint density at radius 2 is 2.00 bits per heavy atom. The van der Waals surface area contributed by atoms with Gasteiger partial charge in [0.15, 0.2) is 5.76 Å². The Kier molecular flexibility index (Phi) is 7.59. The second-order valence-electron chi connectivity index (χ2n) is 8.99. The number of fused-ring (bicyclic) bond motifs is 1. The van der Waals surface area contributed by atoms with Crippen molar-refractivity contribution in [3.63, 3.8) is 0 Å². The topological polar surface area (TPSA) is 87.8 Å². The number of nitrogens with one attached hydrogen (secondary N) is 1.